The number of carbonyl (C=O) groups is 1. The van der Waals surface area contributed by atoms with Crippen LogP contribution in [0.25, 0.3) is 17.0 Å². The summed E-state index contributed by atoms with van der Waals surface area (Å²) in [5, 5.41) is 7.71. The molecule has 4 aromatic rings. The summed E-state index contributed by atoms with van der Waals surface area (Å²) in [5.41, 5.74) is 3.88. The highest BCUT2D eigenvalue weighted by Crippen LogP contribution is 2.42. The number of hydrogen-bond donors (Lipinski definition) is 2. The first kappa shape index (κ1) is 20.9. The van der Waals surface area contributed by atoms with Gasteiger partial charge in [0.05, 0.1) is 25.7 Å². The molecule has 0 unspecified atom stereocenters. The van der Waals surface area contributed by atoms with Crippen LogP contribution in [0.5, 0.6) is 11.5 Å². The van der Waals surface area contributed by atoms with Gasteiger partial charge >= 0.3 is 0 Å². The van der Waals surface area contributed by atoms with Crippen LogP contribution in [-0.4, -0.2) is 49.3 Å². The maximum Gasteiger partial charge on any atom is 0.226 e. The molecule has 10 nitrogen and oxygen atoms in total. The fourth-order valence-corrected chi connectivity index (χ4v) is 4.17. The van der Waals surface area contributed by atoms with Gasteiger partial charge in [0, 0.05) is 17.9 Å². The van der Waals surface area contributed by atoms with E-state index in [1.54, 1.807) is 18.1 Å². The molecule has 33 heavy (non-hydrogen) atoms. The first-order valence-corrected chi connectivity index (χ1v) is 10.8. The highest BCUT2D eigenvalue weighted by molar-refractivity contribution is 5.95. The van der Waals surface area contributed by atoms with E-state index in [2.05, 4.69) is 39.1 Å². The first-order chi connectivity index (χ1) is 16.0. The van der Waals surface area contributed by atoms with Gasteiger partial charge in [-0.3, -0.25) is 4.79 Å². The minimum atomic E-state index is -0.186. The predicted octanol–water partition coefficient (Wildman–Crippen LogP) is 3.36. The van der Waals surface area contributed by atoms with Crippen molar-refractivity contribution in [3.05, 3.63) is 47.7 Å². The number of benzene rings is 1. The maximum atomic E-state index is 12.8. The molecule has 4 heterocycles. The van der Waals surface area contributed by atoms with Gasteiger partial charge in [0.25, 0.3) is 0 Å². The number of aromatic nitrogens is 6. The van der Waals surface area contributed by atoms with Crippen molar-refractivity contribution in [3.63, 3.8) is 0 Å². The number of nitrogens with zero attached hydrogens (tertiary/aromatic N) is 5. The average molecular weight is 447 g/mol. The number of rotatable bonds is 6. The number of aryl methyl sites for hydroxylation is 1. The van der Waals surface area contributed by atoms with Crippen LogP contribution in [0.15, 0.2) is 30.9 Å². The Morgan fingerprint density at radius 1 is 1.21 bits per heavy atom. The maximum absolute atomic E-state index is 12.8. The number of H-pyrrole nitrogens is 1. The van der Waals surface area contributed by atoms with E-state index >= 15 is 0 Å². The Morgan fingerprint density at radius 2 is 2.06 bits per heavy atom. The van der Waals surface area contributed by atoms with E-state index in [0.29, 0.717) is 53.2 Å². The Hall–Kier alpha value is -3.95. The van der Waals surface area contributed by atoms with Gasteiger partial charge in [0.2, 0.25) is 5.91 Å². The molecule has 10 heteroatoms. The topological polar surface area (TPSA) is 120 Å². The second kappa shape index (κ2) is 8.19. The zero-order valence-corrected chi connectivity index (χ0v) is 18.9. The van der Waals surface area contributed by atoms with E-state index in [4.69, 9.17) is 14.6 Å². The smallest absolute Gasteiger partial charge is 0.226 e. The number of imidazole rings is 1. The van der Waals surface area contributed by atoms with E-state index in [-0.39, 0.29) is 11.8 Å². The summed E-state index contributed by atoms with van der Waals surface area (Å²) in [6.45, 7) is 6.72. The predicted molar refractivity (Wildman–Crippen MR) is 122 cm³/mol. The van der Waals surface area contributed by atoms with Crippen LogP contribution >= 0.6 is 0 Å². The number of amides is 1. The molecule has 1 atom stereocenters. The standard InChI is InChI=1S/C23H25N7O3/c1-12(2)9-33-16-6-5-14(7-17(16)32-4)15-8-18(31)28-22-19(15)13(3)29-30(22)23-20-21(25-10-24-20)26-11-27-23/h5-7,10-12,15H,8-9H2,1-4H3,(H,28,31)(H,24,25,26,27)/t15-/m0/s1. The number of methoxy groups -OCH3 is 1. The van der Waals surface area contributed by atoms with Crippen LogP contribution < -0.4 is 14.8 Å². The van der Waals surface area contributed by atoms with E-state index in [1.807, 2.05) is 25.1 Å². The highest BCUT2D eigenvalue weighted by Gasteiger charge is 2.34. The summed E-state index contributed by atoms with van der Waals surface area (Å²) in [7, 11) is 1.62. The number of ether oxygens (including phenoxy) is 2. The molecule has 0 saturated carbocycles. The zero-order valence-electron chi connectivity index (χ0n) is 18.9. The molecule has 0 saturated heterocycles. The van der Waals surface area contributed by atoms with Gasteiger partial charge in [-0.25, -0.2) is 15.0 Å². The molecule has 1 aliphatic rings. The number of carbonyl (C=O) groups excluding carboxylic acids is 1. The number of hydrogen-bond acceptors (Lipinski definition) is 7. The number of fused-ring (bicyclic) bond motifs is 2. The third-order valence-corrected chi connectivity index (χ3v) is 5.67. The SMILES string of the molecule is COc1cc([C@@H]2CC(=O)Nc3c2c(C)nn3-c2ncnc3nc[nH]c23)ccc1OCC(C)C. The van der Waals surface area contributed by atoms with Crippen molar-refractivity contribution >= 4 is 22.9 Å². The largest absolute Gasteiger partial charge is 0.493 e. The molecular weight excluding hydrogens is 422 g/mol. The van der Waals surface area contributed by atoms with Crippen molar-refractivity contribution in [3.8, 4) is 17.3 Å². The van der Waals surface area contributed by atoms with Gasteiger partial charge in [-0.05, 0) is 30.5 Å². The minimum Gasteiger partial charge on any atom is -0.493 e. The molecule has 0 aliphatic carbocycles. The zero-order chi connectivity index (χ0) is 23.1. The van der Waals surface area contributed by atoms with Crippen molar-refractivity contribution in [2.45, 2.75) is 33.1 Å². The van der Waals surface area contributed by atoms with Crippen LogP contribution in [0, 0.1) is 12.8 Å². The fourth-order valence-electron chi connectivity index (χ4n) is 4.17. The molecule has 3 aromatic heterocycles. The van der Waals surface area contributed by atoms with E-state index in [9.17, 15) is 4.79 Å². The summed E-state index contributed by atoms with van der Waals surface area (Å²) < 4.78 is 13.1. The lowest BCUT2D eigenvalue weighted by Gasteiger charge is -2.25. The highest BCUT2D eigenvalue weighted by atomic mass is 16.5. The molecule has 1 amide bonds. The molecule has 5 rings (SSSR count). The summed E-state index contributed by atoms with van der Waals surface area (Å²) in [5.74, 6) is 2.57. The van der Waals surface area contributed by atoms with Crippen LogP contribution in [-0.2, 0) is 4.79 Å². The van der Waals surface area contributed by atoms with Gasteiger partial charge in [-0.1, -0.05) is 19.9 Å². The number of nitrogens with one attached hydrogen (secondary N) is 2. The average Bonchev–Trinajstić information content (AvgIpc) is 3.41. The van der Waals surface area contributed by atoms with Gasteiger partial charge in [0.1, 0.15) is 17.7 Å². The first-order valence-electron chi connectivity index (χ1n) is 10.8. The fraction of sp³-hybridized carbons (Fsp3) is 0.348. The van der Waals surface area contributed by atoms with E-state index in [1.165, 1.54) is 6.33 Å². The molecule has 0 spiro atoms. The molecule has 170 valence electrons. The van der Waals surface area contributed by atoms with Crippen LogP contribution in [0.1, 0.15) is 43.0 Å². The molecule has 0 radical (unpaired) electrons. The lowest BCUT2D eigenvalue weighted by molar-refractivity contribution is -0.116. The van der Waals surface area contributed by atoms with E-state index < -0.39 is 0 Å². The summed E-state index contributed by atoms with van der Waals surface area (Å²) in [4.78, 5) is 28.6. The van der Waals surface area contributed by atoms with Crippen LogP contribution in [0.2, 0.25) is 0 Å². The number of anilines is 1. The number of aromatic amines is 1. The molecule has 2 N–H and O–H groups in total. The van der Waals surface area contributed by atoms with Crippen LogP contribution in [0.4, 0.5) is 5.82 Å². The Morgan fingerprint density at radius 3 is 2.85 bits per heavy atom. The summed E-state index contributed by atoms with van der Waals surface area (Å²) in [6, 6.07) is 5.83. The Labute approximate surface area is 190 Å². The Bertz CT molecular complexity index is 1340. The summed E-state index contributed by atoms with van der Waals surface area (Å²) in [6.07, 6.45) is 3.30. The van der Waals surface area contributed by atoms with E-state index in [0.717, 1.165) is 16.8 Å². The second-order valence-electron chi connectivity index (χ2n) is 8.48. The lowest BCUT2D eigenvalue weighted by atomic mass is 9.85. The van der Waals surface area contributed by atoms with Crippen LogP contribution in [0.3, 0.4) is 0 Å². The van der Waals surface area contributed by atoms with Crippen molar-refractivity contribution in [1.29, 1.82) is 0 Å². The molecule has 1 aliphatic heterocycles. The lowest BCUT2D eigenvalue weighted by Crippen LogP contribution is -2.25. The molecule has 1 aromatic carbocycles. The van der Waals surface area contributed by atoms with Gasteiger partial charge in [-0.2, -0.15) is 9.78 Å². The van der Waals surface area contributed by atoms with Crippen molar-refractivity contribution < 1.29 is 14.3 Å². The molecule has 0 bridgehead atoms. The monoisotopic (exact) mass is 447 g/mol. The quantitative estimate of drug-likeness (QED) is 0.465. The molecule has 0 fully saturated rings. The Kier molecular flexibility index (Phi) is 5.20. The van der Waals surface area contributed by atoms with Gasteiger partial charge in [-0.15, -0.1) is 0 Å². The van der Waals surface area contributed by atoms with Crippen molar-refractivity contribution in [2.75, 3.05) is 19.0 Å². The normalized spacial score (nSPS) is 15.5. The van der Waals surface area contributed by atoms with Crippen molar-refractivity contribution in [1.82, 2.24) is 29.7 Å². The third-order valence-electron chi connectivity index (χ3n) is 5.67. The van der Waals surface area contributed by atoms with Gasteiger partial charge in [0.15, 0.2) is 23.0 Å². The molecular formula is C23H25N7O3. The third kappa shape index (κ3) is 3.67. The summed E-state index contributed by atoms with van der Waals surface area (Å²) >= 11 is 0. The Balaban J connectivity index is 1.59. The minimum absolute atomic E-state index is 0.0948. The van der Waals surface area contributed by atoms with Crippen molar-refractivity contribution in [2.24, 2.45) is 5.92 Å². The van der Waals surface area contributed by atoms with Gasteiger partial charge < -0.3 is 19.8 Å². The second-order valence-corrected chi connectivity index (χ2v) is 8.48.